The lowest BCUT2D eigenvalue weighted by Crippen LogP contribution is -2.68. The maximum Gasteiger partial charge on any atom is 0.245 e. The zero-order valence-corrected chi connectivity index (χ0v) is 8.42. The molecule has 7 nitrogen and oxygen atoms in total. The number of hydrogen-bond acceptors (Lipinski definition) is 5. The summed E-state index contributed by atoms with van der Waals surface area (Å²) >= 11 is 0. The molecule has 0 saturated heterocycles. The third-order valence-corrected chi connectivity index (χ3v) is 1.22. The van der Waals surface area contributed by atoms with Crippen LogP contribution in [0.4, 0.5) is 0 Å². The van der Waals surface area contributed by atoms with E-state index in [0.29, 0.717) is 0 Å². The van der Waals surface area contributed by atoms with Crippen LogP contribution in [-0.2, 0) is 7.05 Å². The van der Waals surface area contributed by atoms with Gasteiger partial charge in [-0.05, 0) is 0 Å². The molecule has 0 aliphatic rings. The minimum atomic E-state index is -4.94. The molecule has 0 radical (unpaired) electrons. The molecule has 0 aliphatic heterocycles. The van der Waals surface area contributed by atoms with Crippen LogP contribution in [0.1, 0.15) is 13.2 Å². The molecule has 82 valence electrons. The molecule has 0 aromatic carbocycles. The van der Waals surface area contributed by atoms with Crippen molar-refractivity contribution in [2.24, 2.45) is 7.05 Å². The Bertz CT molecular complexity index is 263. The molecular formula is C6H11ClN2O5. The van der Waals surface area contributed by atoms with E-state index < -0.39 is 16.5 Å². The summed E-state index contributed by atoms with van der Waals surface area (Å²) in [4.78, 5) is 0. The first kappa shape index (κ1) is 13.3. The van der Waals surface area contributed by atoms with Gasteiger partial charge in [0.2, 0.25) is 6.33 Å². The highest BCUT2D eigenvalue weighted by molar-refractivity contribution is 4.66. The van der Waals surface area contributed by atoms with Gasteiger partial charge in [0.1, 0.15) is 12.4 Å². The van der Waals surface area contributed by atoms with Crippen LogP contribution in [0.2, 0.25) is 0 Å². The average Bonchev–Trinajstić information content (AvgIpc) is 2.31. The third kappa shape index (κ3) is 7.92. The van der Waals surface area contributed by atoms with Crippen LogP contribution in [0.25, 0.3) is 0 Å². The number of aliphatic hydroxyl groups is 1. The monoisotopic (exact) mass is 226 g/mol. The lowest BCUT2D eigenvalue weighted by molar-refractivity contribution is -2.00. The Kier molecular flexibility index (Phi) is 4.99. The Morgan fingerprint density at radius 2 is 1.79 bits per heavy atom. The van der Waals surface area contributed by atoms with E-state index in [4.69, 9.17) is 23.7 Å². The summed E-state index contributed by atoms with van der Waals surface area (Å²) in [5, 5.41) is 8.99. The number of aromatic nitrogens is 2. The van der Waals surface area contributed by atoms with E-state index in [1.165, 1.54) is 0 Å². The van der Waals surface area contributed by atoms with Gasteiger partial charge in [-0.25, -0.2) is 27.8 Å². The topological polar surface area (TPSA) is 121 Å². The Hall–Kier alpha value is -0.700. The van der Waals surface area contributed by atoms with Gasteiger partial charge >= 0.3 is 0 Å². The first-order valence-corrected chi connectivity index (χ1v) is 4.76. The molecule has 0 aliphatic carbocycles. The molecular weight excluding hydrogens is 216 g/mol. The number of rotatable bonds is 1. The van der Waals surface area contributed by atoms with Crippen LogP contribution in [0.15, 0.2) is 18.7 Å². The Labute approximate surface area is 82.8 Å². The van der Waals surface area contributed by atoms with Crippen LogP contribution in [0.3, 0.4) is 0 Å². The molecule has 1 N–H and O–H groups in total. The summed E-state index contributed by atoms with van der Waals surface area (Å²) in [5.74, 6) is 0. The van der Waals surface area contributed by atoms with Crippen LogP contribution in [0.5, 0.6) is 0 Å². The number of imidazole rings is 1. The smallest absolute Gasteiger partial charge is 0.245 e. The van der Waals surface area contributed by atoms with E-state index in [-0.39, 0.29) is 0 Å². The SMILES string of the molecule is CC(O)n1cc[n+](C)c1.[O-][Cl+3]([O-])([O-])[O-]. The quantitative estimate of drug-likeness (QED) is 0.481. The van der Waals surface area contributed by atoms with Crippen molar-refractivity contribution in [1.29, 1.82) is 0 Å². The van der Waals surface area contributed by atoms with Crippen molar-refractivity contribution in [2.45, 2.75) is 13.2 Å². The van der Waals surface area contributed by atoms with Gasteiger partial charge in [-0.15, -0.1) is 10.2 Å². The van der Waals surface area contributed by atoms with Gasteiger partial charge in [0, 0.05) is 6.92 Å². The lowest BCUT2D eigenvalue weighted by Gasteiger charge is -2.17. The predicted octanol–water partition coefficient (Wildman–Crippen LogP) is -4.93. The fourth-order valence-electron chi connectivity index (χ4n) is 0.690. The maximum absolute atomic E-state index is 8.99. The number of hydrogen-bond donors (Lipinski definition) is 1. The van der Waals surface area contributed by atoms with Crippen molar-refractivity contribution in [3.8, 4) is 0 Å². The van der Waals surface area contributed by atoms with Gasteiger partial charge in [0.15, 0.2) is 6.23 Å². The second-order valence-corrected chi connectivity index (χ2v) is 3.29. The molecule has 0 saturated carbocycles. The predicted molar refractivity (Wildman–Crippen MR) is 32.5 cm³/mol. The molecule has 0 spiro atoms. The van der Waals surface area contributed by atoms with Crippen molar-refractivity contribution in [1.82, 2.24) is 4.57 Å². The molecule has 0 fully saturated rings. The van der Waals surface area contributed by atoms with E-state index in [2.05, 4.69) is 0 Å². The number of nitrogens with zero attached hydrogens (tertiary/aromatic N) is 2. The molecule has 1 atom stereocenters. The van der Waals surface area contributed by atoms with E-state index in [0.717, 1.165) is 0 Å². The van der Waals surface area contributed by atoms with Gasteiger partial charge in [0.25, 0.3) is 0 Å². The molecule has 0 amide bonds. The summed E-state index contributed by atoms with van der Waals surface area (Å²) in [7, 11) is -3.03. The summed E-state index contributed by atoms with van der Waals surface area (Å²) in [6.07, 6.45) is 5.10. The number of halogens is 1. The standard InChI is InChI=1S/C6H11N2O.ClHO4/c1-6(9)8-4-3-7(2)5-8;2-1(3,4)5/h3-6,9H,1-2H3;(H,2,3,4,5)/q+1;/p-1. The highest BCUT2D eigenvalue weighted by Gasteiger charge is 2.03. The molecule has 1 aromatic heterocycles. The van der Waals surface area contributed by atoms with Crippen LogP contribution in [-0.4, -0.2) is 9.67 Å². The first-order valence-electron chi connectivity index (χ1n) is 3.52. The zero-order valence-electron chi connectivity index (χ0n) is 7.66. The van der Waals surface area contributed by atoms with E-state index in [1.54, 1.807) is 11.5 Å². The second kappa shape index (κ2) is 5.25. The Morgan fingerprint density at radius 3 is 1.93 bits per heavy atom. The van der Waals surface area contributed by atoms with Crippen molar-refractivity contribution in [3.05, 3.63) is 18.7 Å². The lowest BCUT2D eigenvalue weighted by atomic mass is 10.6. The molecule has 1 unspecified atom stereocenters. The minimum Gasteiger partial charge on any atom is -0.355 e. The summed E-state index contributed by atoms with van der Waals surface area (Å²) in [6.45, 7) is 1.72. The van der Waals surface area contributed by atoms with Crippen molar-refractivity contribution in [3.63, 3.8) is 0 Å². The molecule has 1 aromatic rings. The summed E-state index contributed by atoms with van der Waals surface area (Å²) in [6, 6.07) is 0. The molecule has 14 heavy (non-hydrogen) atoms. The van der Waals surface area contributed by atoms with Gasteiger partial charge in [-0.2, -0.15) is 0 Å². The number of aliphatic hydroxyl groups excluding tert-OH is 1. The third-order valence-electron chi connectivity index (χ3n) is 1.22. The fourth-order valence-corrected chi connectivity index (χ4v) is 0.690. The van der Waals surface area contributed by atoms with E-state index >= 15 is 0 Å². The summed E-state index contributed by atoms with van der Waals surface area (Å²) in [5.41, 5.74) is 0. The Morgan fingerprint density at radius 1 is 1.36 bits per heavy atom. The van der Waals surface area contributed by atoms with Gasteiger partial charge in [0.05, 0.1) is 7.05 Å². The van der Waals surface area contributed by atoms with E-state index in [1.807, 2.05) is 30.3 Å². The van der Waals surface area contributed by atoms with Crippen LogP contribution in [0, 0.1) is 10.2 Å². The largest absolute Gasteiger partial charge is 0.355 e. The molecule has 0 bridgehead atoms. The highest BCUT2D eigenvalue weighted by Crippen LogP contribution is 1.95. The van der Waals surface area contributed by atoms with Gasteiger partial charge in [-0.1, -0.05) is 0 Å². The normalized spacial score (nSPS) is 13.1. The maximum atomic E-state index is 8.99. The van der Waals surface area contributed by atoms with Crippen LogP contribution >= 0.6 is 0 Å². The fraction of sp³-hybridized carbons (Fsp3) is 0.500. The van der Waals surface area contributed by atoms with Crippen molar-refractivity contribution < 1.29 is 38.6 Å². The Balaban J connectivity index is 0.000000292. The molecule has 8 heteroatoms. The average molecular weight is 227 g/mol. The zero-order chi connectivity index (χ0) is 11.4. The highest BCUT2D eigenvalue weighted by atomic mass is 35.7. The number of aryl methyl sites for hydroxylation is 1. The van der Waals surface area contributed by atoms with E-state index in [9.17, 15) is 0 Å². The minimum absolute atomic E-state index is 0.425. The first-order chi connectivity index (χ1) is 6.20. The van der Waals surface area contributed by atoms with Crippen LogP contribution < -0.4 is 23.2 Å². The van der Waals surface area contributed by atoms with Gasteiger partial charge in [-0.3, -0.25) is 0 Å². The van der Waals surface area contributed by atoms with Gasteiger partial charge < -0.3 is 5.11 Å². The van der Waals surface area contributed by atoms with Crippen molar-refractivity contribution >= 4 is 0 Å². The summed E-state index contributed by atoms with van der Waals surface area (Å²) < 4.78 is 37.6. The second-order valence-electron chi connectivity index (χ2n) is 2.54. The molecule has 1 heterocycles. The molecule has 1 rings (SSSR count). The van der Waals surface area contributed by atoms with Crippen molar-refractivity contribution in [2.75, 3.05) is 0 Å².